The van der Waals surface area contributed by atoms with Crippen LogP contribution >= 0.6 is 22.6 Å². The predicted molar refractivity (Wildman–Crippen MR) is 62.6 cm³/mol. The van der Waals surface area contributed by atoms with Gasteiger partial charge in [0.1, 0.15) is 9.39 Å². The molecule has 106 valence electrons. The third-order valence-electron chi connectivity index (χ3n) is 2.18. The van der Waals surface area contributed by atoms with Gasteiger partial charge in [0.2, 0.25) is 0 Å². The van der Waals surface area contributed by atoms with Crippen LogP contribution in [0.5, 0.6) is 0 Å². The molecule has 3 nitrogen and oxygen atoms in total. The molecule has 1 aromatic rings. The maximum absolute atomic E-state index is 12.8. The summed E-state index contributed by atoms with van der Waals surface area (Å²) in [7, 11) is 1.05. The number of esters is 1. The van der Waals surface area contributed by atoms with Crippen LogP contribution in [0.25, 0.3) is 0 Å². The molecule has 0 aromatic carbocycles. The molecule has 1 aromatic heterocycles. The second-order valence-electron chi connectivity index (χ2n) is 3.42. The summed E-state index contributed by atoms with van der Waals surface area (Å²) in [6.07, 6.45) is -8.52. The van der Waals surface area contributed by atoms with E-state index in [2.05, 4.69) is 9.72 Å². The van der Waals surface area contributed by atoms with E-state index >= 15 is 0 Å². The molecule has 0 aliphatic heterocycles. The minimum atomic E-state index is -4.83. The summed E-state index contributed by atoms with van der Waals surface area (Å²) in [4.78, 5) is 14.3. The molecule has 19 heavy (non-hydrogen) atoms. The summed E-state index contributed by atoms with van der Waals surface area (Å²) in [5.41, 5.74) is -2.53. The summed E-state index contributed by atoms with van der Waals surface area (Å²) < 4.78 is 67.0. The van der Waals surface area contributed by atoms with Crippen LogP contribution in [0.3, 0.4) is 0 Å². The highest BCUT2D eigenvalue weighted by molar-refractivity contribution is 14.1. The molecular weight excluding hydrogens is 388 g/mol. The SMILES string of the molecule is COC(=O)Cc1c(C(F)F)cc(C(F)(F)F)nc1I. The highest BCUT2D eigenvalue weighted by atomic mass is 127. The van der Waals surface area contributed by atoms with E-state index in [0.29, 0.717) is 0 Å². The van der Waals surface area contributed by atoms with Crippen LogP contribution in [0.2, 0.25) is 0 Å². The lowest BCUT2D eigenvalue weighted by Crippen LogP contribution is -2.15. The van der Waals surface area contributed by atoms with E-state index < -0.39 is 36.2 Å². The zero-order valence-electron chi connectivity index (χ0n) is 9.39. The van der Waals surface area contributed by atoms with Crippen molar-refractivity contribution in [2.75, 3.05) is 7.11 Å². The van der Waals surface area contributed by atoms with Gasteiger partial charge in [-0.05, 0) is 28.7 Å². The second-order valence-corrected chi connectivity index (χ2v) is 4.44. The number of rotatable bonds is 3. The van der Waals surface area contributed by atoms with Gasteiger partial charge < -0.3 is 4.74 Å². The first kappa shape index (κ1) is 16.1. The zero-order valence-corrected chi connectivity index (χ0v) is 11.6. The number of hydrogen-bond acceptors (Lipinski definition) is 3. The van der Waals surface area contributed by atoms with Crippen LogP contribution in [0, 0.1) is 3.70 Å². The predicted octanol–water partition coefficient (Wildman–Crippen LogP) is 3.36. The van der Waals surface area contributed by atoms with E-state index in [1.165, 1.54) is 22.6 Å². The molecule has 1 rings (SSSR count). The Balaban J connectivity index is 3.35. The molecule has 1 heterocycles. The van der Waals surface area contributed by atoms with Crippen molar-refractivity contribution < 1.29 is 31.5 Å². The van der Waals surface area contributed by atoms with E-state index in [-0.39, 0.29) is 15.3 Å². The Morgan fingerprint density at radius 1 is 1.47 bits per heavy atom. The van der Waals surface area contributed by atoms with Gasteiger partial charge in [-0.2, -0.15) is 13.2 Å². The molecule has 0 amide bonds. The fourth-order valence-corrected chi connectivity index (χ4v) is 2.05. The summed E-state index contributed by atoms with van der Waals surface area (Å²) in [6.45, 7) is 0. The molecule has 0 fully saturated rings. The summed E-state index contributed by atoms with van der Waals surface area (Å²) in [6, 6.07) is 0.255. The number of aromatic nitrogens is 1. The number of methoxy groups -OCH3 is 1. The Hall–Kier alpha value is -1.00. The van der Waals surface area contributed by atoms with Gasteiger partial charge in [0.25, 0.3) is 6.43 Å². The molecule has 0 unspecified atom stereocenters. The number of carbonyl (C=O) groups excluding carboxylic acids is 1. The smallest absolute Gasteiger partial charge is 0.433 e. The van der Waals surface area contributed by atoms with Crippen LogP contribution in [0.1, 0.15) is 23.2 Å². The number of hydrogen-bond donors (Lipinski definition) is 0. The van der Waals surface area contributed by atoms with Gasteiger partial charge in [0.05, 0.1) is 13.5 Å². The van der Waals surface area contributed by atoms with Gasteiger partial charge >= 0.3 is 12.1 Å². The molecule has 0 aliphatic rings. The van der Waals surface area contributed by atoms with Gasteiger partial charge in [0, 0.05) is 11.1 Å². The van der Waals surface area contributed by atoms with Crippen molar-refractivity contribution in [3.8, 4) is 0 Å². The molecule has 0 atom stereocenters. The minimum absolute atomic E-state index is 0.254. The summed E-state index contributed by atoms with van der Waals surface area (Å²) in [5.74, 6) is -0.832. The number of carbonyl (C=O) groups is 1. The molecule has 0 radical (unpaired) electrons. The highest BCUT2D eigenvalue weighted by Crippen LogP contribution is 2.34. The Morgan fingerprint density at radius 3 is 2.47 bits per heavy atom. The van der Waals surface area contributed by atoms with Crippen LogP contribution in [-0.2, 0) is 22.1 Å². The van der Waals surface area contributed by atoms with Gasteiger partial charge in [-0.25, -0.2) is 13.8 Å². The third-order valence-corrected chi connectivity index (χ3v) is 3.07. The fourth-order valence-electron chi connectivity index (χ4n) is 1.29. The quantitative estimate of drug-likeness (QED) is 0.341. The molecule has 0 spiro atoms. The topological polar surface area (TPSA) is 39.2 Å². The van der Waals surface area contributed by atoms with Crippen molar-refractivity contribution in [2.24, 2.45) is 0 Å². The standard InChI is InChI=1S/C10H7F5INO2/c1-19-7(18)3-5-4(8(11)12)2-6(10(13,14)15)17-9(5)16/h2,8H,3H2,1H3. The number of halogens is 6. The lowest BCUT2D eigenvalue weighted by Gasteiger charge is -2.13. The molecule has 0 aliphatic carbocycles. The lowest BCUT2D eigenvalue weighted by atomic mass is 10.1. The zero-order chi connectivity index (χ0) is 14.8. The Bertz CT molecular complexity index is 490. The van der Waals surface area contributed by atoms with Gasteiger partial charge in [-0.15, -0.1) is 0 Å². The lowest BCUT2D eigenvalue weighted by molar-refractivity contribution is -0.141. The first-order chi connectivity index (χ1) is 8.66. The monoisotopic (exact) mass is 395 g/mol. The molecule has 9 heteroatoms. The van der Waals surface area contributed by atoms with E-state index in [1.807, 2.05) is 0 Å². The number of alkyl halides is 5. The summed E-state index contributed by atoms with van der Waals surface area (Å²) >= 11 is 1.38. The van der Waals surface area contributed by atoms with Crippen LogP contribution < -0.4 is 0 Å². The van der Waals surface area contributed by atoms with Crippen LogP contribution in [0.4, 0.5) is 22.0 Å². The van der Waals surface area contributed by atoms with Crippen molar-refractivity contribution in [3.05, 3.63) is 26.6 Å². The molecule has 0 bridgehead atoms. The van der Waals surface area contributed by atoms with Crippen molar-refractivity contribution in [1.82, 2.24) is 4.98 Å². The van der Waals surface area contributed by atoms with Gasteiger partial charge in [-0.1, -0.05) is 0 Å². The average molecular weight is 395 g/mol. The van der Waals surface area contributed by atoms with Crippen molar-refractivity contribution in [1.29, 1.82) is 0 Å². The maximum atomic E-state index is 12.8. The first-order valence-electron chi connectivity index (χ1n) is 4.78. The number of ether oxygens (including phenoxy) is 1. The normalized spacial score (nSPS) is 11.8. The summed E-state index contributed by atoms with van der Waals surface area (Å²) in [5, 5.41) is 0. The van der Waals surface area contributed by atoms with Crippen LogP contribution in [0.15, 0.2) is 6.07 Å². The fraction of sp³-hybridized carbons (Fsp3) is 0.400. The minimum Gasteiger partial charge on any atom is -0.469 e. The van der Waals surface area contributed by atoms with Crippen LogP contribution in [-0.4, -0.2) is 18.1 Å². The Labute approximate surface area is 118 Å². The molecule has 0 saturated carbocycles. The average Bonchev–Trinajstić information content (AvgIpc) is 2.29. The first-order valence-corrected chi connectivity index (χ1v) is 5.86. The second kappa shape index (κ2) is 5.97. The Morgan fingerprint density at radius 2 is 2.05 bits per heavy atom. The Kier molecular flexibility index (Phi) is 5.04. The number of nitrogens with zero attached hydrogens (tertiary/aromatic N) is 1. The van der Waals surface area contributed by atoms with Gasteiger partial charge in [0.15, 0.2) is 0 Å². The highest BCUT2D eigenvalue weighted by Gasteiger charge is 2.35. The van der Waals surface area contributed by atoms with Crippen molar-refractivity contribution in [3.63, 3.8) is 0 Å². The van der Waals surface area contributed by atoms with E-state index in [0.717, 1.165) is 7.11 Å². The van der Waals surface area contributed by atoms with E-state index in [9.17, 15) is 26.7 Å². The van der Waals surface area contributed by atoms with Crippen molar-refractivity contribution in [2.45, 2.75) is 19.0 Å². The molecule has 0 N–H and O–H groups in total. The van der Waals surface area contributed by atoms with Crippen molar-refractivity contribution >= 4 is 28.6 Å². The largest absolute Gasteiger partial charge is 0.469 e. The maximum Gasteiger partial charge on any atom is 0.433 e. The van der Waals surface area contributed by atoms with Gasteiger partial charge in [-0.3, -0.25) is 4.79 Å². The van der Waals surface area contributed by atoms with E-state index in [4.69, 9.17) is 0 Å². The number of pyridine rings is 1. The third kappa shape index (κ3) is 3.98. The van der Waals surface area contributed by atoms with E-state index in [1.54, 1.807) is 0 Å². The molecular formula is C10H7F5INO2. The molecule has 0 saturated heterocycles.